The van der Waals surface area contributed by atoms with Crippen molar-refractivity contribution < 1.29 is 13.9 Å². The summed E-state index contributed by atoms with van der Waals surface area (Å²) in [5, 5.41) is 0.0450. The molecular weight excluding hydrogens is 183 g/mol. The van der Waals surface area contributed by atoms with Crippen LogP contribution in [0.3, 0.4) is 0 Å². The molecule has 1 aromatic carbocycles. The van der Waals surface area contributed by atoms with Gasteiger partial charge in [0, 0.05) is 13.2 Å². The van der Waals surface area contributed by atoms with E-state index in [2.05, 4.69) is 4.74 Å². The Hall–Kier alpha value is -0.800. The molecule has 0 amide bonds. The van der Waals surface area contributed by atoms with Crippen LogP contribution in [0, 0.1) is 5.82 Å². The molecule has 0 unspecified atom stereocenters. The van der Waals surface area contributed by atoms with Gasteiger partial charge in [0.1, 0.15) is 11.6 Å². The molecule has 0 aliphatic rings. The van der Waals surface area contributed by atoms with Gasteiger partial charge >= 0.3 is 0 Å². The van der Waals surface area contributed by atoms with Crippen LogP contribution in [0.25, 0.3) is 0 Å². The highest BCUT2D eigenvalue weighted by Gasteiger charge is 2.00. The molecule has 2 nitrogen and oxygen atoms in total. The van der Waals surface area contributed by atoms with E-state index in [0.29, 0.717) is 5.75 Å². The highest BCUT2D eigenvalue weighted by Crippen LogP contribution is 2.20. The molecule has 0 atom stereocenters. The molecule has 0 radical (unpaired) electrons. The minimum atomic E-state index is -0.457. The van der Waals surface area contributed by atoms with E-state index in [1.54, 1.807) is 0 Å². The fourth-order valence-corrected chi connectivity index (χ4v) is 0.864. The normalized spacial score (nSPS) is 9.92. The van der Waals surface area contributed by atoms with Crippen LogP contribution >= 0.6 is 11.6 Å². The maximum Gasteiger partial charge on any atom is 0.188 e. The average Bonchev–Trinajstić information content (AvgIpc) is 2.07. The van der Waals surface area contributed by atoms with Crippen molar-refractivity contribution in [3.63, 3.8) is 0 Å². The van der Waals surface area contributed by atoms with E-state index >= 15 is 0 Å². The monoisotopic (exact) mass is 190 g/mol. The SMILES string of the molecule is COCOc1ccc(F)c(Cl)c1. The van der Waals surface area contributed by atoms with E-state index in [4.69, 9.17) is 16.3 Å². The Morgan fingerprint density at radius 2 is 2.25 bits per heavy atom. The molecule has 1 rings (SSSR count). The Kier molecular flexibility index (Phi) is 3.31. The molecule has 66 valence electrons. The Morgan fingerprint density at radius 3 is 2.83 bits per heavy atom. The first kappa shape index (κ1) is 9.29. The zero-order valence-corrected chi connectivity index (χ0v) is 7.27. The molecule has 0 spiro atoms. The van der Waals surface area contributed by atoms with Gasteiger partial charge in [-0.1, -0.05) is 11.6 Å². The quantitative estimate of drug-likeness (QED) is 0.682. The summed E-state index contributed by atoms with van der Waals surface area (Å²) in [7, 11) is 1.51. The van der Waals surface area contributed by atoms with Gasteiger partial charge in [-0.15, -0.1) is 0 Å². The van der Waals surface area contributed by atoms with Crippen LogP contribution in [0.4, 0.5) is 4.39 Å². The highest BCUT2D eigenvalue weighted by molar-refractivity contribution is 6.30. The van der Waals surface area contributed by atoms with Crippen molar-refractivity contribution in [3.05, 3.63) is 29.0 Å². The Balaban J connectivity index is 2.69. The van der Waals surface area contributed by atoms with Gasteiger partial charge in [0.15, 0.2) is 6.79 Å². The number of rotatable bonds is 3. The molecule has 0 saturated carbocycles. The van der Waals surface area contributed by atoms with Gasteiger partial charge in [-0.05, 0) is 12.1 Å². The summed E-state index contributed by atoms with van der Waals surface area (Å²) in [6, 6.07) is 4.13. The second-order valence-electron chi connectivity index (χ2n) is 2.13. The second-order valence-corrected chi connectivity index (χ2v) is 2.53. The van der Waals surface area contributed by atoms with Gasteiger partial charge in [-0.3, -0.25) is 0 Å². The van der Waals surface area contributed by atoms with Crippen LogP contribution in [0.1, 0.15) is 0 Å². The lowest BCUT2D eigenvalue weighted by atomic mass is 10.3. The minimum Gasteiger partial charge on any atom is -0.468 e. The van der Waals surface area contributed by atoms with Crippen LogP contribution < -0.4 is 4.74 Å². The van der Waals surface area contributed by atoms with Gasteiger partial charge in [-0.2, -0.15) is 0 Å². The third kappa shape index (κ3) is 2.36. The first-order valence-electron chi connectivity index (χ1n) is 3.31. The summed E-state index contributed by atoms with van der Waals surface area (Å²) in [6.45, 7) is 0.127. The van der Waals surface area contributed by atoms with E-state index in [-0.39, 0.29) is 11.8 Å². The molecule has 0 fully saturated rings. The summed E-state index contributed by atoms with van der Waals surface area (Å²) in [5.41, 5.74) is 0. The molecule has 4 heteroatoms. The average molecular weight is 191 g/mol. The van der Waals surface area contributed by atoms with Gasteiger partial charge in [-0.25, -0.2) is 4.39 Å². The number of ether oxygens (including phenoxy) is 2. The molecule has 0 heterocycles. The van der Waals surface area contributed by atoms with Crippen molar-refractivity contribution in [2.24, 2.45) is 0 Å². The molecule has 1 aromatic rings. The number of hydrogen-bond donors (Lipinski definition) is 0. The lowest BCUT2D eigenvalue weighted by Crippen LogP contribution is -1.98. The summed E-state index contributed by atoms with van der Waals surface area (Å²) in [5.74, 6) is 0.0321. The Morgan fingerprint density at radius 1 is 1.50 bits per heavy atom. The highest BCUT2D eigenvalue weighted by atomic mass is 35.5. The largest absolute Gasteiger partial charge is 0.468 e. The summed E-state index contributed by atoms with van der Waals surface area (Å²) in [4.78, 5) is 0. The summed E-state index contributed by atoms with van der Waals surface area (Å²) >= 11 is 5.50. The van der Waals surface area contributed by atoms with E-state index in [9.17, 15) is 4.39 Å². The van der Waals surface area contributed by atoms with Gasteiger partial charge < -0.3 is 9.47 Å². The van der Waals surface area contributed by atoms with Crippen LogP contribution in [0.5, 0.6) is 5.75 Å². The molecule has 12 heavy (non-hydrogen) atoms. The molecular formula is C8H8ClFO2. The van der Waals surface area contributed by atoms with E-state index in [0.717, 1.165) is 0 Å². The molecule has 0 aromatic heterocycles. The minimum absolute atomic E-state index is 0.0450. The predicted molar refractivity (Wildman–Crippen MR) is 43.9 cm³/mol. The fourth-order valence-electron chi connectivity index (χ4n) is 0.694. The van der Waals surface area contributed by atoms with Crippen molar-refractivity contribution in [1.29, 1.82) is 0 Å². The number of methoxy groups -OCH3 is 1. The zero-order valence-electron chi connectivity index (χ0n) is 6.51. The maximum absolute atomic E-state index is 12.6. The van der Waals surface area contributed by atoms with Gasteiger partial charge in [0.2, 0.25) is 0 Å². The first-order chi connectivity index (χ1) is 5.74. The van der Waals surface area contributed by atoms with Crippen molar-refractivity contribution in [2.45, 2.75) is 0 Å². The number of hydrogen-bond acceptors (Lipinski definition) is 2. The standard InChI is InChI=1S/C8H8ClFO2/c1-11-5-12-6-2-3-8(10)7(9)4-6/h2-4H,5H2,1H3. The van der Waals surface area contributed by atoms with Crippen molar-refractivity contribution >= 4 is 11.6 Å². The van der Waals surface area contributed by atoms with Crippen LogP contribution in [-0.2, 0) is 4.74 Å². The summed E-state index contributed by atoms with van der Waals surface area (Å²) in [6.07, 6.45) is 0. The molecule has 0 N–H and O–H groups in total. The van der Waals surface area contributed by atoms with Crippen molar-refractivity contribution in [3.8, 4) is 5.75 Å². The number of halogens is 2. The van der Waals surface area contributed by atoms with Gasteiger partial charge in [0.25, 0.3) is 0 Å². The van der Waals surface area contributed by atoms with Crippen LogP contribution in [-0.4, -0.2) is 13.9 Å². The maximum atomic E-state index is 12.6. The second kappa shape index (κ2) is 4.28. The lowest BCUT2D eigenvalue weighted by molar-refractivity contribution is 0.0511. The molecule has 0 aliphatic carbocycles. The predicted octanol–water partition coefficient (Wildman–Crippen LogP) is 2.46. The van der Waals surface area contributed by atoms with Crippen molar-refractivity contribution in [1.82, 2.24) is 0 Å². The van der Waals surface area contributed by atoms with E-state index in [1.165, 1.54) is 25.3 Å². The molecule has 0 saturated heterocycles. The third-order valence-corrected chi connectivity index (χ3v) is 1.52. The Bertz CT molecular complexity index is 265. The van der Waals surface area contributed by atoms with Gasteiger partial charge in [0.05, 0.1) is 5.02 Å². The third-order valence-electron chi connectivity index (χ3n) is 1.23. The van der Waals surface area contributed by atoms with E-state index < -0.39 is 5.82 Å². The molecule has 0 aliphatic heterocycles. The fraction of sp³-hybridized carbons (Fsp3) is 0.250. The summed E-state index contributed by atoms with van der Waals surface area (Å²) < 4.78 is 22.3. The van der Waals surface area contributed by atoms with Crippen LogP contribution in [0.15, 0.2) is 18.2 Å². The zero-order chi connectivity index (χ0) is 8.97. The number of benzene rings is 1. The molecule has 0 bridgehead atoms. The topological polar surface area (TPSA) is 18.5 Å². The van der Waals surface area contributed by atoms with E-state index in [1.807, 2.05) is 0 Å². The lowest BCUT2D eigenvalue weighted by Gasteiger charge is -2.04. The smallest absolute Gasteiger partial charge is 0.188 e. The van der Waals surface area contributed by atoms with Crippen LogP contribution in [0.2, 0.25) is 5.02 Å². The van der Waals surface area contributed by atoms with Crippen molar-refractivity contribution in [2.75, 3.05) is 13.9 Å². The Labute approximate surface area is 74.9 Å². The first-order valence-corrected chi connectivity index (χ1v) is 3.68.